The average molecular weight is 463 g/mol. The fourth-order valence-electron chi connectivity index (χ4n) is 3.59. The number of ether oxygens (including phenoxy) is 1. The highest BCUT2D eigenvalue weighted by molar-refractivity contribution is 7.98. The van der Waals surface area contributed by atoms with Gasteiger partial charge in [-0.25, -0.2) is 8.51 Å². The first-order chi connectivity index (χ1) is 15.1. The first kappa shape index (κ1) is 23.5. The number of carbonyl (C=O) groups is 1. The molecule has 166 valence electrons. The smallest absolute Gasteiger partial charge is 0.145 e. The Balaban J connectivity index is 2.10. The van der Waals surface area contributed by atoms with Crippen LogP contribution < -0.4 is 9.64 Å². The molecule has 5 nitrogen and oxygen atoms in total. The van der Waals surface area contributed by atoms with E-state index in [1.165, 1.54) is 24.1 Å². The van der Waals surface area contributed by atoms with Gasteiger partial charge in [-0.2, -0.15) is 0 Å². The molecule has 0 spiro atoms. The van der Waals surface area contributed by atoms with Gasteiger partial charge in [-0.1, -0.05) is 18.2 Å². The fourth-order valence-corrected chi connectivity index (χ4v) is 5.44. The number of anilines is 2. The summed E-state index contributed by atoms with van der Waals surface area (Å²) in [4.78, 5) is 14.3. The molecule has 2 aromatic carbocycles. The summed E-state index contributed by atoms with van der Waals surface area (Å²) in [6.45, 7) is 0.304. The number of thioether (sulfide) groups is 1. The maximum absolute atomic E-state index is 13.5. The second kappa shape index (κ2) is 11.5. The van der Waals surface area contributed by atoms with Crippen molar-refractivity contribution in [1.29, 1.82) is 0 Å². The number of rotatable bonds is 9. The van der Waals surface area contributed by atoms with Crippen molar-refractivity contribution in [1.82, 2.24) is 4.31 Å². The Morgan fingerprint density at radius 3 is 2.71 bits per heavy atom. The minimum absolute atomic E-state index is 0.00273. The van der Waals surface area contributed by atoms with Crippen LogP contribution in [0, 0.1) is 0 Å². The molecule has 0 saturated heterocycles. The second-order valence-electron chi connectivity index (χ2n) is 7.13. The lowest BCUT2D eigenvalue weighted by Gasteiger charge is -2.29. The molecule has 2 atom stereocenters. The van der Waals surface area contributed by atoms with Gasteiger partial charge in [0.15, 0.2) is 0 Å². The van der Waals surface area contributed by atoms with Gasteiger partial charge >= 0.3 is 0 Å². The summed E-state index contributed by atoms with van der Waals surface area (Å²) >= 11 is 1.52. The normalized spacial score (nSPS) is 19.3. The van der Waals surface area contributed by atoms with Crippen LogP contribution in [-0.2, 0) is 15.8 Å². The molecule has 0 N–H and O–H groups in total. The number of alkyl halides is 1. The van der Waals surface area contributed by atoms with Gasteiger partial charge < -0.3 is 9.64 Å². The number of benzene rings is 2. The topological polar surface area (TPSA) is 49.9 Å². The van der Waals surface area contributed by atoms with E-state index < -0.39 is 11.0 Å². The summed E-state index contributed by atoms with van der Waals surface area (Å²) in [6, 6.07) is 13.8. The summed E-state index contributed by atoms with van der Waals surface area (Å²) in [5, 5.41) is 0. The lowest BCUT2D eigenvalue weighted by Crippen LogP contribution is -2.38. The summed E-state index contributed by atoms with van der Waals surface area (Å²) in [7, 11) is 0.431. The Bertz CT molecular complexity index is 940. The number of para-hydroxylation sites is 1. The van der Waals surface area contributed by atoms with E-state index in [-0.39, 0.29) is 12.7 Å². The van der Waals surface area contributed by atoms with Crippen LogP contribution in [-0.4, -0.2) is 47.4 Å². The SMILES string of the molecule is CSc1cc2c(cc1O/C=C/C=O)S(=O)N(C)C(CCCCF)CN2c1ccccc1. The molecule has 0 aliphatic carbocycles. The minimum atomic E-state index is -1.42. The van der Waals surface area contributed by atoms with Crippen LogP contribution in [0.1, 0.15) is 19.3 Å². The largest absolute Gasteiger partial charge is 0.464 e. The number of fused-ring (bicyclic) bond motifs is 1. The standard InChI is InChI=1S/C23H27FN2O3S2/c1-25-19(11-6-7-12-24)17-26(18-9-4-3-5-10-18)20-15-22(30-2)21(29-14-8-13-27)16-23(20)31(25)28/h3-5,8-10,13-16,19H,6-7,11-12,17H2,1-2H3/b14-8+. The van der Waals surface area contributed by atoms with E-state index in [4.69, 9.17) is 4.74 Å². The fraction of sp³-hybridized carbons (Fsp3) is 0.348. The number of hydrogen-bond acceptors (Lipinski definition) is 5. The summed E-state index contributed by atoms with van der Waals surface area (Å²) in [6.07, 6.45) is 7.19. The van der Waals surface area contributed by atoms with Crippen LogP contribution in [0.15, 0.2) is 64.6 Å². The van der Waals surface area contributed by atoms with Gasteiger partial charge in [0, 0.05) is 37.5 Å². The van der Waals surface area contributed by atoms with Crippen molar-refractivity contribution in [2.24, 2.45) is 0 Å². The Morgan fingerprint density at radius 2 is 2.03 bits per heavy atom. The zero-order valence-electron chi connectivity index (χ0n) is 17.7. The highest BCUT2D eigenvalue weighted by atomic mass is 32.2. The van der Waals surface area contributed by atoms with E-state index in [9.17, 15) is 13.4 Å². The van der Waals surface area contributed by atoms with E-state index in [1.54, 1.807) is 6.07 Å². The van der Waals surface area contributed by atoms with Gasteiger partial charge in [-0.15, -0.1) is 11.8 Å². The number of unbranched alkanes of at least 4 members (excludes halogenated alkanes) is 1. The van der Waals surface area contributed by atoms with Crippen molar-refractivity contribution in [3.8, 4) is 5.75 Å². The molecule has 31 heavy (non-hydrogen) atoms. The van der Waals surface area contributed by atoms with E-state index >= 15 is 0 Å². The van der Waals surface area contributed by atoms with Gasteiger partial charge in [0.2, 0.25) is 0 Å². The van der Waals surface area contributed by atoms with E-state index in [2.05, 4.69) is 4.90 Å². The second-order valence-corrected chi connectivity index (χ2v) is 9.50. The molecule has 0 bridgehead atoms. The number of aldehydes is 1. The van der Waals surface area contributed by atoms with Gasteiger partial charge in [0.25, 0.3) is 0 Å². The number of likely N-dealkylation sites (N-methyl/N-ethyl adjacent to an activating group) is 1. The van der Waals surface area contributed by atoms with Crippen molar-refractivity contribution in [2.75, 3.05) is 31.4 Å². The van der Waals surface area contributed by atoms with E-state index in [1.807, 2.05) is 54.0 Å². The van der Waals surface area contributed by atoms with Gasteiger partial charge in [-0.3, -0.25) is 9.18 Å². The number of nitrogens with zero attached hydrogens (tertiary/aromatic N) is 2. The third kappa shape index (κ3) is 5.56. The zero-order valence-corrected chi connectivity index (χ0v) is 19.3. The Kier molecular flexibility index (Phi) is 8.69. The molecule has 0 saturated carbocycles. The lowest BCUT2D eigenvalue weighted by molar-refractivity contribution is -0.104. The summed E-state index contributed by atoms with van der Waals surface area (Å²) in [5.74, 6) is 0.551. The number of halogens is 1. The Morgan fingerprint density at radius 1 is 1.26 bits per heavy atom. The third-order valence-corrected chi connectivity index (χ3v) is 7.52. The van der Waals surface area contributed by atoms with Crippen LogP contribution in [0.3, 0.4) is 0 Å². The van der Waals surface area contributed by atoms with Gasteiger partial charge in [0.1, 0.15) is 23.0 Å². The van der Waals surface area contributed by atoms with Crippen molar-refractivity contribution in [3.05, 3.63) is 54.8 Å². The molecule has 1 aliphatic heterocycles. The molecule has 0 aromatic heterocycles. The van der Waals surface area contributed by atoms with E-state index in [0.717, 1.165) is 29.1 Å². The highest BCUT2D eigenvalue weighted by Crippen LogP contribution is 2.42. The van der Waals surface area contributed by atoms with Crippen LogP contribution in [0.25, 0.3) is 0 Å². The van der Waals surface area contributed by atoms with Gasteiger partial charge in [-0.05, 0) is 43.7 Å². The molecule has 1 heterocycles. The monoisotopic (exact) mass is 462 g/mol. The molecule has 8 heteroatoms. The van der Waals surface area contributed by atoms with Crippen molar-refractivity contribution < 1.29 is 18.1 Å². The van der Waals surface area contributed by atoms with Crippen LogP contribution in [0.4, 0.5) is 15.8 Å². The molecule has 2 aromatic rings. The third-order valence-electron chi connectivity index (χ3n) is 5.23. The number of carbonyl (C=O) groups excluding carboxylic acids is 1. The van der Waals surface area contributed by atoms with Crippen LogP contribution in [0.5, 0.6) is 5.75 Å². The average Bonchev–Trinajstić information content (AvgIpc) is 2.90. The van der Waals surface area contributed by atoms with Gasteiger partial charge in [0.05, 0.1) is 28.4 Å². The van der Waals surface area contributed by atoms with E-state index in [0.29, 0.717) is 29.9 Å². The predicted molar refractivity (Wildman–Crippen MR) is 125 cm³/mol. The van der Waals surface area contributed by atoms with Crippen LogP contribution >= 0.6 is 11.8 Å². The number of allylic oxidation sites excluding steroid dienone is 1. The quantitative estimate of drug-likeness (QED) is 0.170. The van der Waals surface area contributed by atoms with Crippen molar-refractivity contribution in [3.63, 3.8) is 0 Å². The molecular formula is C23H27FN2O3S2. The number of hydrogen-bond donors (Lipinski definition) is 0. The molecular weight excluding hydrogens is 435 g/mol. The Hall–Kier alpha value is -2.16. The van der Waals surface area contributed by atoms with Crippen molar-refractivity contribution >= 4 is 40.4 Å². The molecule has 2 unspecified atom stereocenters. The van der Waals surface area contributed by atoms with Crippen LogP contribution in [0.2, 0.25) is 0 Å². The molecule has 1 aliphatic rings. The Labute approximate surface area is 189 Å². The molecule has 0 fully saturated rings. The molecule has 0 radical (unpaired) electrons. The zero-order chi connectivity index (χ0) is 22.2. The summed E-state index contributed by atoms with van der Waals surface area (Å²) < 4.78 is 33.7. The maximum atomic E-state index is 13.5. The highest BCUT2D eigenvalue weighted by Gasteiger charge is 2.32. The summed E-state index contributed by atoms with van der Waals surface area (Å²) in [5.41, 5.74) is 1.87. The van der Waals surface area contributed by atoms with Crippen molar-refractivity contribution in [2.45, 2.75) is 35.1 Å². The maximum Gasteiger partial charge on any atom is 0.145 e. The lowest BCUT2D eigenvalue weighted by atomic mass is 10.1. The molecule has 3 rings (SSSR count). The first-order valence-corrected chi connectivity index (χ1v) is 12.5. The molecule has 0 amide bonds. The predicted octanol–water partition coefficient (Wildman–Crippen LogP) is 5.11. The first-order valence-electron chi connectivity index (χ1n) is 10.1. The minimum Gasteiger partial charge on any atom is -0.464 e.